The number of fused-ring (bicyclic) bond motifs is 2. The third-order valence-electron chi connectivity index (χ3n) is 11.3. The molecule has 16 nitrogen and oxygen atoms in total. The first-order valence-corrected chi connectivity index (χ1v) is 20.2. The Morgan fingerprint density at radius 3 is 2.58 bits per heavy atom. The van der Waals surface area contributed by atoms with Crippen LogP contribution in [0.5, 0.6) is 5.75 Å². The van der Waals surface area contributed by atoms with Gasteiger partial charge in [0, 0.05) is 79.2 Å². The van der Waals surface area contributed by atoms with E-state index >= 15 is 0 Å². The fourth-order valence-corrected chi connectivity index (χ4v) is 8.31. The van der Waals surface area contributed by atoms with E-state index in [4.69, 9.17) is 26.1 Å². The molecule has 60 heavy (non-hydrogen) atoms. The summed E-state index contributed by atoms with van der Waals surface area (Å²) >= 11 is 6.55. The maximum Gasteiger partial charge on any atom is 0.264 e. The molecular formula is C43H44ClN9O7. The number of aromatic nitrogens is 3. The van der Waals surface area contributed by atoms with Crippen molar-refractivity contribution in [2.45, 2.75) is 50.8 Å². The van der Waals surface area contributed by atoms with E-state index in [9.17, 15) is 24.0 Å². The van der Waals surface area contributed by atoms with Gasteiger partial charge >= 0.3 is 0 Å². The number of hydrogen-bond acceptors (Lipinski definition) is 12. The number of methoxy groups -OCH3 is 1. The van der Waals surface area contributed by atoms with Gasteiger partial charge < -0.3 is 34.9 Å². The van der Waals surface area contributed by atoms with Crippen LogP contribution in [0.15, 0.2) is 73.1 Å². The van der Waals surface area contributed by atoms with Crippen molar-refractivity contribution in [1.82, 2.24) is 30.1 Å². The SMILES string of the molecule is COc1cc(N2CCC(N(C)C(=O)C(C)OCCNc3cccc4c3C(=O)N(C3CCC(=O)NC3=O)C4=O)CC2)ccc1Nc1ncc(Cl)c(-c2c[nH]c3ccccc23)n1. The van der Waals surface area contributed by atoms with Crippen LogP contribution in [-0.4, -0.2) is 113 Å². The molecular weight excluding hydrogens is 790 g/mol. The Balaban J connectivity index is 0.822. The molecule has 3 aliphatic rings. The van der Waals surface area contributed by atoms with Crippen LogP contribution >= 0.6 is 11.6 Å². The highest BCUT2D eigenvalue weighted by Gasteiger charge is 2.45. The van der Waals surface area contributed by atoms with Crippen molar-refractivity contribution in [3.63, 3.8) is 0 Å². The number of rotatable bonds is 13. The molecule has 4 N–H and O–H groups in total. The lowest BCUT2D eigenvalue weighted by molar-refractivity contribution is -0.143. The number of aromatic amines is 1. The Morgan fingerprint density at radius 1 is 1.00 bits per heavy atom. The number of halogens is 1. The number of carbonyl (C=O) groups excluding carboxylic acids is 5. The van der Waals surface area contributed by atoms with E-state index in [1.807, 2.05) is 48.7 Å². The lowest BCUT2D eigenvalue weighted by atomic mass is 10.0. The molecule has 0 radical (unpaired) electrons. The summed E-state index contributed by atoms with van der Waals surface area (Å²) in [6, 6.07) is 17.7. The maximum atomic E-state index is 13.4. The molecule has 2 saturated heterocycles. The van der Waals surface area contributed by atoms with E-state index in [2.05, 4.69) is 30.8 Å². The molecule has 17 heteroatoms. The second-order valence-electron chi connectivity index (χ2n) is 14.9. The van der Waals surface area contributed by atoms with Crippen molar-refractivity contribution in [2.75, 3.05) is 55.9 Å². The molecule has 8 rings (SSSR count). The number of anilines is 4. The topological polar surface area (TPSA) is 191 Å². The van der Waals surface area contributed by atoms with Crippen LogP contribution in [0.1, 0.15) is 53.3 Å². The van der Waals surface area contributed by atoms with Gasteiger partial charge in [0.05, 0.1) is 47.4 Å². The monoisotopic (exact) mass is 833 g/mol. The molecule has 0 spiro atoms. The van der Waals surface area contributed by atoms with Crippen LogP contribution < -0.4 is 25.6 Å². The van der Waals surface area contributed by atoms with E-state index in [-0.39, 0.29) is 49.1 Å². The molecule has 0 saturated carbocycles. The van der Waals surface area contributed by atoms with Crippen molar-refractivity contribution < 1.29 is 33.4 Å². The van der Waals surface area contributed by atoms with Crippen molar-refractivity contribution in [3.8, 4) is 17.0 Å². The quantitative estimate of drug-likeness (QED) is 0.0877. The summed E-state index contributed by atoms with van der Waals surface area (Å²) in [4.78, 5) is 81.5. The normalized spacial score (nSPS) is 17.4. The fourth-order valence-electron chi connectivity index (χ4n) is 8.12. The number of hydrogen-bond donors (Lipinski definition) is 4. The number of para-hydroxylation sites is 1. The van der Waals surface area contributed by atoms with Crippen LogP contribution in [0.2, 0.25) is 5.02 Å². The van der Waals surface area contributed by atoms with Crippen molar-refractivity contribution >= 4 is 75.1 Å². The molecule has 2 atom stereocenters. The van der Waals surface area contributed by atoms with Gasteiger partial charge in [0.1, 0.15) is 17.9 Å². The summed E-state index contributed by atoms with van der Waals surface area (Å²) in [7, 11) is 3.42. The maximum absolute atomic E-state index is 13.4. The average Bonchev–Trinajstić information content (AvgIpc) is 3.80. The molecule has 0 aliphatic carbocycles. The van der Waals surface area contributed by atoms with Crippen molar-refractivity contribution in [2.24, 2.45) is 0 Å². The number of H-pyrrole nitrogens is 1. The molecule has 310 valence electrons. The van der Waals surface area contributed by atoms with Crippen LogP contribution in [0, 0.1) is 0 Å². The van der Waals surface area contributed by atoms with Gasteiger partial charge in [-0.05, 0) is 56.5 Å². The zero-order chi connectivity index (χ0) is 42.1. The first-order valence-electron chi connectivity index (χ1n) is 19.8. The molecule has 3 aromatic carbocycles. The predicted molar refractivity (Wildman–Crippen MR) is 226 cm³/mol. The van der Waals surface area contributed by atoms with Crippen LogP contribution in [0.4, 0.5) is 23.0 Å². The number of benzene rings is 3. The summed E-state index contributed by atoms with van der Waals surface area (Å²) in [5.74, 6) is -1.41. The van der Waals surface area contributed by atoms with Crippen LogP contribution in [0.3, 0.4) is 0 Å². The molecule has 3 aliphatic heterocycles. The molecule has 0 bridgehead atoms. The lowest BCUT2D eigenvalue weighted by Crippen LogP contribution is -2.54. The Kier molecular flexibility index (Phi) is 11.4. The van der Waals surface area contributed by atoms with E-state index in [0.29, 0.717) is 33.8 Å². The molecule has 5 heterocycles. The first-order chi connectivity index (χ1) is 29.0. The Bertz CT molecular complexity index is 2500. The van der Waals surface area contributed by atoms with E-state index < -0.39 is 35.8 Å². The van der Waals surface area contributed by atoms with Gasteiger partial charge in [0.25, 0.3) is 17.7 Å². The van der Waals surface area contributed by atoms with Gasteiger partial charge in [-0.15, -0.1) is 0 Å². The number of carbonyl (C=O) groups is 5. The molecule has 2 aromatic heterocycles. The van der Waals surface area contributed by atoms with Crippen molar-refractivity contribution in [3.05, 3.63) is 89.2 Å². The summed E-state index contributed by atoms with van der Waals surface area (Å²) in [6.07, 6.45) is 4.39. The zero-order valence-corrected chi connectivity index (χ0v) is 34.0. The van der Waals surface area contributed by atoms with Gasteiger partial charge in [0.15, 0.2) is 0 Å². The van der Waals surface area contributed by atoms with Gasteiger partial charge in [-0.1, -0.05) is 35.9 Å². The highest BCUT2D eigenvalue weighted by molar-refractivity contribution is 6.33. The fraction of sp³-hybridized carbons (Fsp3) is 0.326. The molecule has 2 unspecified atom stereocenters. The Labute approximate surface area is 350 Å². The number of likely N-dealkylation sites (N-methyl/N-ethyl adjacent to an activating group) is 1. The van der Waals surface area contributed by atoms with Gasteiger partial charge in [-0.25, -0.2) is 9.97 Å². The highest BCUT2D eigenvalue weighted by atomic mass is 35.5. The Hall–Kier alpha value is -6.52. The molecule has 5 aromatic rings. The number of piperidine rings is 2. The highest BCUT2D eigenvalue weighted by Crippen LogP contribution is 2.36. The summed E-state index contributed by atoms with van der Waals surface area (Å²) in [5, 5.41) is 10.1. The second-order valence-corrected chi connectivity index (χ2v) is 15.3. The van der Waals surface area contributed by atoms with E-state index in [1.54, 1.807) is 44.3 Å². The van der Waals surface area contributed by atoms with E-state index in [0.717, 1.165) is 53.0 Å². The number of nitrogens with zero attached hydrogens (tertiary/aromatic N) is 5. The number of amides is 5. The van der Waals surface area contributed by atoms with Gasteiger partial charge in [-0.3, -0.25) is 34.2 Å². The third-order valence-corrected chi connectivity index (χ3v) is 11.6. The van der Waals surface area contributed by atoms with Crippen LogP contribution in [-0.2, 0) is 19.1 Å². The summed E-state index contributed by atoms with van der Waals surface area (Å²) in [5.41, 5.74) is 4.93. The smallest absolute Gasteiger partial charge is 0.264 e. The van der Waals surface area contributed by atoms with E-state index in [1.165, 1.54) is 6.07 Å². The standard InChI is InChI=1S/C43H44ClN9O7/c1-24(60-20-17-45-33-10-6-8-28-37(33)42(58)53(41(28)57)34-13-14-36(54)49-39(34)55)40(56)51(2)25-15-18-52(19-16-25)26-11-12-32(35(21-26)59-3)48-43-47-23-30(44)38(50-43)29-22-46-31-9-5-4-7-27(29)31/h4-12,21-25,34,45-46H,13-20H2,1-3H3,(H,47,48,50)(H,49,54,55). The molecule has 5 amide bonds. The Morgan fingerprint density at radius 2 is 1.80 bits per heavy atom. The molecule has 2 fully saturated rings. The van der Waals surface area contributed by atoms with Gasteiger partial charge in [-0.2, -0.15) is 0 Å². The predicted octanol–water partition coefficient (Wildman–Crippen LogP) is 5.38. The first kappa shape index (κ1) is 40.3. The lowest BCUT2D eigenvalue weighted by Gasteiger charge is -2.38. The number of nitrogens with one attached hydrogen (secondary N) is 4. The van der Waals surface area contributed by atoms with Crippen LogP contribution in [0.25, 0.3) is 22.2 Å². The largest absolute Gasteiger partial charge is 0.494 e. The second kappa shape index (κ2) is 17.0. The summed E-state index contributed by atoms with van der Waals surface area (Å²) in [6.45, 7) is 3.59. The average molecular weight is 834 g/mol. The minimum atomic E-state index is -1.05. The minimum absolute atomic E-state index is 0.0249. The number of ether oxygens (including phenoxy) is 2. The van der Waals surface area contributed by atoms with Gasteiger partial charge in [0.2, 0.25) is 17.8 Å². The summed E-state index contributed by atoms with van der Waals surface area (Å²) < 4.78 is 11.7. The third kappa shape index (κ3) is 7.82. The minimum Gasteiger partial charge on any atom is -0.494 e. The number of imide groups is 2. The zero-order valence-electron chi connectivity index (χ0n) is 33.3. The van der Waals surface area contributed by atoms with Crippen molar-refractivity contribution in [1.29, 1.82) is 0 Å².